The molecule has 1 aromatic heterocycles. The molecule has 0 aliphatic heterocycles. The molecule has 0 aliphatic rings. The number of nitrogens with one attached hydrogen (secondary N) is 2. The first-order valence-corrected chi connectivity index (χ1v) is 6.15. The van der Waals surface area contributed by atoms with E-state index < -0.39 is 0 Å². The zero-order valence-corrected chi connectivity index (χ0v) is 11.0. The molecule has 1 heterocycles. The van der Waals surface area contributed by atoms with Crippen molar-refractivity contribution in [2.24, 2.45) is 11.7 Å². The van der Waals surface area contributed by atoms with E-state index in [9.17, 15) is 0 Å². The Morgan fingerprint density at radius 1 is 1.24 bits per heavy atom. The monoisotopic (exact) mass is 237 g/mol. The molecule has 5 nitrogen and oxygen atoms in total. The molecule has 0 fully saturated rings. The van der Waals surface area contributed by atoms with Crippen molar-refractivity contribution in [3.63, 3.8) is 0 Å². The number of nitrogens with zero attached hydrogens (tertiary/aromatic N) is 2. The molecular formula is C12H23N5. The number of rotatable bonds is 7. The van der Waals surface area contributed by atoms with Crippen LogP contribution in [-0.2, 0) is 0 Å². The van der Waals surface area contributed by atoms with Crippen LogP contribution in [0.4, 0.5) is 11.6 Å². The lowest BCUT2D eigenvalue weighted by atomic mass is 10.2. The van der Waals surface area contributed by atoms with Crippen molar-refractivity contribution in [1.29, 1.82) is 0 Å². The minimum Gasteiger partial charge on any atom is -0.370 e. The first-order chi connectivity index (χ1) is 8.11. The van der Waals surface area contributed by atoms with Gasteiger partial charge in [-0.2, -0.15) is 0 Å². The summed E-state index contributed by atoms with van der Waals surface area (Å²) in [6.07, 6.45) is 0.942. The van der Waals surface area contributed by atoms with Crippen molar-refractivity contribution in [3.05, 3.63) is 11.9 Å². The summed E-state index contributed by atoms with van der Waals surface area (Å²) in [6.45, 7) is 8.68. The fourth-order valence-electron chi connectivity index (χ4n) is 1.38. The van der Waals surface area contributed by atoms with E-state index >= 15 is 0 Å². The maximum Gasteiger partial charge on any atom is 0.131 e. The van der Waals surface area contributed by atoms with Crippen LogP contribution in [0.5, 0.6) is 0 Å². The minimum atomic E-state index is 0.596. The van der Waals surface area contributed by atoms with Crippen molar-refractivity contribution in [2.75, 3.05) is 30.3 Å². The molecule has 17 heavy (non-hydrogen) atoms. The number of aromatic nitrogens is 2. The van der Waals surface area contributed by atoms with Gasteiger partial charge in [0.05, 0.1) is 0 Å². The van der Waals surface area contributed by atoms with E-state index in [1.807, 2.05) is 13.0 Å². The number of aryl methyl sites for hydroxylation is 1. The minimum absolute atomic E-state index is 0.596. The average Bonchev–Trinajstić information content (AvgIpc) is 2.26. The smallest absolute Gasteiger partial charge is 0.131 e. The third-order valence-electron chi connectivity index (χ3n) is 2.22. The van der Waals surface area contributed by atoms with Gasteiger partial charge in [-0.1, -0.05) is 13.8 Å². The fraction of sp³-hybridized carbons (Fsp3) is 0.667. The molecule has 0 bridgehead atoms. The number of hydrogen-bond donors (Lipinski definition) is 3. The van der Waals surface area contributed by atoms with Crippen molar-refractivity contribution in [1.82, 2.24) is 9.97 Å². The molecule has 4 N–H and O–H groups in total. The van der Waals surface area contributed by atoms with Gasteiger partial charge in [0.15, 0.2) is 0 Å². The van der Waals surface area contributed by atoms with E-state index in [2.05, 4.69) is 34.4 Å². The van der Waals surface area contributed by atoms with Gasteiger partial charge in [0.1, 0.15) is 17.5 Å². The molecule has 0 unspecified atom stereocenters. The van der Waals surface area contributed by atoms with E-state index in [4.69, 9.17) is 5.73 Å². The summed E-state index contributed by atoms with van der Waals surface area (Å²) >= 11 is 0. The predicted octanol–water partition coefficient (Wildman–Crippen LogP) is 1.61. The number of hydrogen-bond acceptors (Lipinski definition) is 5. The third kappa shape index (κ3) is 5.49. The Labute approximate surface area is 103 Å². The molecule has 0 atom stereocenters. The molecule has 0 spiro atoms. The van der Waals surface area contributed by atoms with Gasteiger partial charge in [-0.25, -0.2) is 9.97 Å². The first kappa shape index (κ1) is 13.7. The number of anilines is 2. The third-order valence-corrected chi connectivity index (χ3v) is 2.22. The van der Waals surface area contributed by atoms with E-state index in [0.717, 1.165) is 37.0 Å². The highest BCUT2D eigenvalue weighted by atomic mass is 15.1. The van der Waals surface area contributed by atoms with Gasteiger partial charge in [-0.05, 0) is 25.8 Å². The molecule has 0 saturated carbocycles. The van der Waals surface area contributed by atoms with Gasteiger partial charge in [-0.3, -0.25) is 0 Å². The van der Waals surface area contributed by atoms with E-state index in [1.165, 1.54) is 0 Å². The van der Waals surface area contributed by atoms with Gasteiger partial charge in [-0.15, -0.1) is 0 Å². The predicted molar refractivity (Wildman–Crippen MR) is 72.3 cm³/mol. The summed E-state index contributed by atoms with van der Waals surface area (Å²) in [5.74, 6) is 3.10. The van der Waals surface area contributed by atoms with Crippen molar-refractivity contribution < 1.29 is 0 Å². The lowest BCUT2D eigenvalue weighted by molar-refractivity contribution is 0.686. The molecule has 0 amide bonds. The molecule has 1 aromatic rings. The Bertz CT molecular complexity index is 338. The molecule has 0 aliphatic carbocycles. The Morgan fingerprint density at radius 2 is 1.88 bits per heavy atom. The standard InChI is InChI=1S/C12H23N5/c1-9(2)8-15-12-7-11(14-6-4-5-13)16-10(3)17-12/h7,9H,4-6,8,13H2,1-3H3,(H2,14,15,16,17). The van der Waals surface area contributed by atoms with E-state index in [0.29, 0.717) is 12.5 Å². The van der Waals surface area contributed by atoms with Crippen LogP contribution in [0.25, 0.3) is 0 Å². The highest BCUT2D eigenvalue weighted by Gasteiger charge is 2.02. The van der Waals surface area contributed by atoms with E-state index in [1.54, 1.807) is 0 Å². The van der Waals surface area contributed by atoms with Gasteiger partial charge >= 0.3 is 0 Å². The maximum absolute atomic E-state index is 5.45. The van der Waals surface area contributed by atoms with Crippen molar-refractivity contribution >= 4 is 11.6 Å². The summed E-state index contributed by atoms with van der Waals surface area (Å²) < 4.78 is 0. The van der Waals surface area contributed by atoms with Crippen LogP contribution in [-0.4, -0.2) is 29.6 Å². The van der Waals surface area contributed by atoms with Crippen LogP contribution in [0.15, 0.2) is 6.07 Å². The topological polar surface area (TPSA) is 75.9 Å². The van der Waals surface area contributed by atoms with Crippen LogP contribution >= 0.6 is 0 Å². The summed E-state index contributed by atoms with van der Waals surface area (Å²) in [5, 5.41) is 6.54. The molecule has 96 valence electrons. The molecule has 0 radical (unpaired) electrons. The second kappa shape index (κ2) is 7.06. The quantitative estimate of drug-likeness (QED) is 0.628. The Hall–Kier alpha value is -1.36. The second-order valence-corrected chi connectivity index (χ2v) is 4.53. The summed E-state index contributed by atoms with van der Waals surface area (Å²) in [7, 11) is 0. The highest BCUT2D eigenvalue weighted by molar-refractivity contribution is 5.47. The Balaban J connectivity index is 2.59. The second-order valence-electron chi connectivity index (χ2n) is 4.53. The zero-order valence-electron chi connectivity index (χ0n) is 11.0. The van der Waals surface area contributed by atoms with Crippen LogP contribution < -0.4 is 16.4 Å². The lowest BCUT2D eigenvalue weighted by Crippen LogP contribution is -2.13. The molecular weight excluding hydrogens is 214 g/mol. The van der Waals surface area contributed by atoms with Gasteiger partial charge < -0.3 is 16.4 Å². The lowest BCUT2D eigenvalue weighted by Gasteiger charge is -2.11. The SMILES string of the molecule is Cc1nc(NCCCN)cc(NCC(C)C)n1. The van der Waals surface area contributed by atoms with Crippen LogP contribution in [0.1, 0.15) is 26.1 Å². The normalized spacial score (nSPS) is 10.6. The zero-order chi connectivity index (χ0) is 12.7. The first-order valence-electron chi connectivity index (χ1n) is 6.15. The van der Waals surface area contributed by atoms with Gasteiger partial charge in [0.25, 0.3) is 0 Å². The number of nitrogens with two attached hydrogens (primary N) is 1. The van der Waals surface area contributed by atoms with Crippen molar-refractivity contribution in [3.8, 4) is 0 Å². The largest absolute Gasteiger partial charge is 0.370 e. The Morgan fingerprint density at radius 3 is 2.47 bits per heavy atom. The maximum atomic E-state index is 5.45. The van der Waals surface area contributed by atoms with E-state index in [-0.39, 0.29) is 0 Å². The molecule has 0 saturated heterocycles. The van der Waals surface area contributed by atoms with Crippen LogP contribution in [0.2, 0.25) is 0 Å². The summed E-state index contributed by atoms with van der Waals surface area (Å²) in [4.78, 5) is 8.68. The van der Waals surface area contributed by atoms with Crippen molar-refractivity contribution in [2.45, 2.75) is 27.2 Å². The fourth-order valence-corrected chi connectivity index (χ4v) is 1.38. The molecule has 1 rings (SSSR count). The average molecular weight is 237 g/mol. The molecule has 0 aromatic carbocycles. The highest BCUT2D eigenvalue weighted by Crippen LogP contribution is 2.11. The van der Waals surface area contributed by atoms with Gasteiger partial charge in [0.2, 0.25) is 0 Å². The van der Waals surface area contributed by atoms with Gasteiger partial charge in [0, 0.05) is 19.2 Å². The Kier molecular flexibility index (Phi) is 5.69. The summed E-state index contributed by atoms with van der Waals surface area (Å²) in [6, 6.07) is 1.94. The molecule has 5 heteroatoms. The van der Waals surface area contributed by atoms with Crippen LogP contribution in [0, 0.1) is 12.8 Å². The summed E-state index contributed by atoms with van der Waals surface area (Å²) in [5.41, 5.74) is 5.45. The van der Waals surface area contributed by atoms with Crippen LogP contribution in [0.3, 0.4) is 0 Å².